The molecule has 1 aromatic heterocycles. The van der Waals surface area contributed by atoms with E-state index in [9.17, 15) is 4.79 Å². The van der Waals surface area contributed by atoms with Crippen molar-refractivity contribution in [3.8, 4) is 0 Å². The molecular formula is C15H19BrN4O. The zero-order valence-corrected chi connectivity index (χ0v) is 13.6. The molecule has 1 amide bonds. The van der Waals surface area contributed by atoms with Crippen LogP contribution in [0.4, 0.5) is 0 Å². The first kappa shape index (κ1) is 14.5. The Balaban J connectivity index is 1.94. The molecule has 5 nitrogen and oxygen atoms in total. The fraction of sp³-hybridized carbons (Fsp3) is 0.467. The summed E-state index contributed by atoms with van der Waals surface area (Å²) in [5, 5.41) is 8.00. The number of hydrogen-bond donors (Lipinski definition) is 2. The highest BCUT2D eigenvalue weighted by atomic mass is 79.9. The molecule has 6 heteroatoms. The molecule has 0 radical (unpaired) electrons. The lowest BCUT2D eigenvalue weighted by Gasteiger charge is -2.37. The first-order valence-electron chi connectivity index (χ1n) is 7.24. The Bertz CT molecular complexity index is 669. The number of carbonyl (C=O) groups is 1. The number of amides is 1. The Hall–Kier alpha value is -1.40. The summed E-state index contributed by atoms with van der Waals surface area (Å²) in [6, 6.07) is 5.89. The normalized spacial score (nSPS) is 22.7. The number of nitrogens with two attached hydrogens (primary N) is 1. The van der Waals surface area contributed by atoms with Crippen LogP contribution >= 0.6 is 15.9 Å². The predicted molar refractivity (Wildman–Crippen MR) is 86.1 cm³/mol. The molecule has 0 bridgehead atoms. The number of likely N-dealkylation sites (tertiary alicyclic amines) is 1. The van der Waals surface area contributed by atoms with Gasteiger partial charge in [-0.25, -0.2) is 0 Å². The second-order valence-electron chi connectivity index (χ2n) is 5.78. The lowest BCUT2D eigenvalue weighted by Crippen LogP contribution is -2.49. The molecule has 2 aromatic rings. The van der Waals surface area contributed by atoms with Gasteiger partial charge in [-0.1, -0.05) is 22.9 Å². The second kappa shape index (κ2) is 5.77. The number of H-pyrrole nitrogens is 1. The van der Waals surface area contributed by atoms with Gasteiger partial charge in [-0.3, -0.25) is 9.89 Å². The number of benzene rings is 1. The molecule has 3 N–H and O–H groups in total. The second-order valence-corrected chi connectivity index (χ2v) is 6.70. The van der Waals surface area contributed by atoms with Crippen LogP contribution in [0.3, 0.4) is 0 Å². The first-order valence-corrected chi connectivity index (χ1v) is 8.04. The van der Waals surface area contributed by atoms with E-state index in [1.54, 1.807) is 0 Å². The molecule has 21 heavy (non-hydrogen) atoms. The van der Waals surface area contributed by atoms with Gasteiger partial charge in [0, 0.05) is 29.0 Å². The summed E-state index contributed by atoms with van der Waals surface area (Å²) in [6.45, 7) is 3.47. The topological polar surface area (TPSA) is 75.0 Å². The van der Waals surface area contributed by atoms with Crippen LogP contribution in [0.25, 0.3) is 10.9 Å². The van der Waals surface area contributed by atoms with Crippen molar-refractivity contribution in [1.82, 2.24) is 15.1 Å². The number of aromatic nitrogens is 2. The van der Waals surface area contributed by atoms with E-state index in [-0.39, 0.29) is 11.9 Å². The Morgan fingerprint density at radius 1 is 1.57 bits per heavy atom. The summed E-state index contributed by atoms with van der Waals surface area (Å²) >= 11 is 3.44. The summed E-state index contributed by atoms with van der Waals surface area (Å²) in [5.41, 5.74) is 7.21. The fourth-order valence-corrected chi connectivity index (χ4v) is 3.39. The predicted octanol–water partition coefficient (Wildman–Crippen LogP) is 2.52. The van der Waals surface area contributed by atoms with E-state index in [0.717, 1.165) is 34.8 Å². The average Bonchev–Trinajstić information content (AvgIpc) is 2.89. The number of fused-ring (bicyclic) bond motifs is 1. The third kappa shape index (κ3) is 2.70. The maximum absolute atomic E-state index is 12.8. The van der Waals surface area contributed by atoms with Crippen molar-refractivity contribution < 1.29 is 4.79 Å². The number of rotatable bonds is 2. The van der Waals surface area contributed by atoms with Gasteiger partial charge < -0.3 is 10.6 Å². The SMILES string of the molecule is CC1CCN(C(=O)c2n[nH]c3ccc(Br)cc23)C(CN)C1. The van der Waals surface area contributed by atoms with Crippen LogP contribution in [0.2, 0.25) is 0 Å². The molecular weight excluding hydrogens is 332 g/mol. The van der Waals surface area contributed by atoms with Gasteiger partial charge in [-0.05, 0) is 37.0 Å². The minimum absolute atomic E-state index is 0.0262. The van der Waals surface area contributed by atoms with Crippen molar-refractivity contribution in [2.45, 2.75) is 25.8 Å². The highest BCUT2D eigenvalue weighted by Gasteiger charge is 2.31. The fourth-order valence-electron chi connectivity index (χ4n) is 3.03. The molecule has 112 valence electrons. The van der Waals surface area contributed by atoms with Crippen molar-refractivity contribution in [1.29, 1.82) is 0 Å². The van der Waals surface area contributed by atoms with Gasteiger partial charge >= 0.3 is 0 Å². The lowest BCUT2D eigenvalue weighted by atomic mass is 9.92. The smallest absolute Gasteiger partial charge is 0.275 e. The number of hydrogen-bond acceptors (Lipinski definition) is 3. The number of carbonyl (C=O) groups excluding carboxylic acids is 1. The van der Waals surface area contributed by atoms with Gasteiger partial charge in [-0.2, -0.15) is 5.10 Å². The Labute approximate surface area is 132 Å². The Morgan fingerprint density at radius 3 is 3.14 bits per heavy atom. The van der Waals surface area contributed by atoms with Gasteiger partial charge in [0.05, 0.1) is 5.52 Å². The van der Waals surface area contributed by atoms with Gasteiger partial charge in [-0.15, -0.1) is 0 Å². The molecule has 0 aliphatic carbocycles. The van der Waals surface area contributed by atoms with E-state index in [4.69, 9.17) is 5.73 Å². The van der Waals surface area contributed by atoms with Gasteiger partial charge in [0.1, 0.15) is 0 Å². The number of halogens is 1. The van der Waals surface area contributed by atoms with Gasteiger partial charge in [0.25, 0.3) is 5.91 Å². The van der Waals surface area contributed by atoms with Crippen molar-refractivity contribution >= 4 is 32.7 Å². The molecule has 2 atom stereocenters. The monoisotopic (exact) mass is 350 g/mol. The van der Waals surface area contributed by atoms with E-state index in [0.29, 0.717) is 18.2 Å². The van der Waals surface area contributed by atoms with Crippen molar-refractivity contribution in [2.24, 2.45) is 11.7 Å². The molecule has 2 unspecified atom stereocenters. The number of nitrogens with one attached hydrogen (secondary N) is 1. The van der Waals surface area contributed by atoms with E-state index in [2.05, 4.69) is 33.1 Å². The summed E-state index contributed by atoms with van der Waals surface area (Å²) < 4.78 is 0.938. The Kier molecular flexibility index (Phi) is 3.99. The molecule has 3 rings (SSSR count). The van der Waals surface area contributed by atoms with Crippen molar-refractivity contribution in [2.75, 3.05) is 13.1 Å². The molecule has 2 heterocycles. The quantitative estimate of drug-likeness (QED) is 0.873. The number of nitrogens with zero attached hydrogens (tertiary/aromatic N) is 2. The third-order valence-corrected chi connectivity index (χ3v) is 4.73. The van der Waals surface area contributed by atoms with Crippen LogP contribution in [-0.2, 0) is 0 Å². The zero-order chi connectivity index (χ0) is 15.0. The van der Waals surface area contributed by atoms with Crippen LogP contribution in [0, 0.1) is 5.92 Å². The lowest BCUT2D eigenvalue weighted by molar-refractivity contribution is 0.0569. The maximum Gasteiger partial charge on any atom is 0.275 e. The van der Waals surface area contributed by atoms with Crippen LogP contribution in [0.1, 0.15) is 30.3 Å². The van der Waals surface area contributed by atoms with Gasteiger partial charge in [0.15, 0.2) is 5.69 Å². The number of aromatic amines is 1. The molecule has 1 aliphatic rings. The van der Waals surface area contributed by atoms with E-state index < -0.39 is 0 Å². The highest BCUT2D eigenvalue weighted by molar-refractivity contribution is 9.10. The highest BCUT2D eigenvalue weighted by Crippen LogP contribution is 2.26. The summed E-state index contributed by atoms with van der Waals surface area (Å²) in [4.78, 5) is 14.7. The molecule has 1 fully saturated rings. The first-order chi connectivity index (χ1) is 10.1. The van der Waals surface area contributed by atoms with Crippen LogP contribution in [-0.4, -0.2) is 40.1 Å². The summed E-state index contributed by atoms with van der Waals surface area (Å²) in [5.74, 6) is 0.592. The minimum atomic E-state index is -0.0262. The third-order valence-electron chi connectivity index (χ3n) is 4.24. The molecule has 1 aliphatic heterocycles. The van der Waals surface area contributed by atoms with Crippen LogP contribution in [0.5, 0.6) is 0 Å². The molecule has 1 saturated heterocycles. The van der Waals surface area contributed by atoms with Crippen molar-refractivity contribution in [3.63, 3.8) is 0 Å². The molecule has 0 saturated carbocycles. The minimum Gasteiger partial charge on any atom is -0.333 e. The standard InChI is InChI=1S/C15H19BrN4O/c1-9-4-5-20(11(6-9)8-17)15(21)14-12-7-10(16)2-3-13(12)18-19-14/h2-3,7,9,11H,4-6,8,17H2,1H3,(H,18,19). The van der Waals surface area contributed by atoms with E-state index >= 15 is 0 Å². The summed E-state index contributed by atoms with van der Waals surface area (Å²) in [7, 11) is 0. The Morgan fingerprint density at radius 2 is 2.38 bits per heavy atom. The number of piperidine rings is 1. The van der Waals surface area contributed by atoms with E-state index in [1.165, 1.54) is 0 Å². The summed E-state index contributed by atoms with van der Waals surface area (Å²) in [6.07, 6.45) is 1.99. The maximum atomic E-state index is 12.8. The van der Waals surface area contributed by atoms with Gasteiger partial charge in [0.2, 0.25) is 0 Å². The van der Waals surface area contributed by atoms with Crippen LogP contribution in [0.15, 0.2) is 22.7 Å². The average molecular weight is 351 g/mol. The molecule has 0 spiro atoms. The zero-order valence-electron chi connectivity index (χ0n) is 12.0. The van der Waals surface area contributed by atoms with Crippen molar-refractivity contribution in [3.05, 3.63) is 28.4 Å². The largest absolute Gasteiger partial charge is 0.333 e. The molecule has 1 aromatic carbocycles. The van der Waals surface area contributed by atoms with E-state index in [1.807, 2.05) is 23.1 Å². The van der Waals surface area contributed by atoms with Crippen LogP contribution < -0.4 is 5.73 Å².